The number of carbonyl (C=O) groups is 1. The molecule has 0 saturated heterocycles. The molecule has 0 heterocycles. The molecule has 1 rings (SSSR count). The van der Waals surface area contributed by atoms with E-state index in [-0.39, 0.29) is 0 Å². The van der Waals surface area contributed by atoms with Crippen LogP contribution in [0.4, 0.5) is 4.39 Å². The average Bonchev–Trinajstić information content (AvgIpc) is 2.04. The molecule has 0 aliphatic carbocycles. The molecule has 1 aromatic rings. The maximum atomic E-state index is 12.3. The molecule has 0 saturated carbocycles. The van der Waals surface area contributed by atoms with Crippen molar-refractivity contribution >= 4 is 16.8 Å². The van der Waals surface area contributed by atoms with Crippen LogP contribution in [0.3, 0.4) is 0 Å². The fourth-order valence-electron chi connectivity index (χ4n) is 1.04. The highest BCUT2D eigenvalue weighted by Gasteiger charge is 2.08. The van der Waals surface area contributed by atoms with Crippen LogP contribution in [-0.4, -0.2) is 5.24 Å². The molecule has 0 N–H and O–H groups in total. The van der Waals surface area contributed by atoms with Gasteiger partial charge >= 0.3 is 0 Å². The second-order valence-corrected chi connectivity index (χ2v) is 2.84. The highest BCUT2D eigenvalue weighted by Crippen LogP contribution is 2.16. The standard InChI is InChI=1S/C9H8ClFO/c1-6-7(5-11)3-2-4-8(6)9(10)12/h2-4H,5H2,1H3. The van der Waals surface area contributed by atoms with Gasteiger partial charge in [0.1, 0.15) is 6.67 Å². The van der Waals surface area contributed by atoms with Crippen molar-refractivity contribution in [3.05, 3.63) is 34.9 Å². The van der Waals surface area contributed by atoms with Crippen molar-refractivity contribution < 1.29 is 9.18 Å². The van der Waals surface area contributed by atoms with E-state index in [1.165, 1.54) is 0 Å². The SMILES string of the molecule is Cc1c(CF)cccc1C(=O)Cl. The van der Waals surface area contributed by atoms with Crippen molar-refractivity contribution in [2.75, 3.05) is 0 Å². The molecule has 0 aromatic heterocycles. The van der Waals surface area contributed by atoms with Gasteiger partial charge in [0, 0.05) is 5.56 Å². The number of alkyl halides is 1. The molecule has 0 amide bonds. The van der Waals surface area contributed by atoms with E-state index in [1.807, 2.05) is 0 Å². The molecule has 0 spiro atoms. The van der Waals surface area contributed by atoms with Crippen LogP contribution in [0, 0.1) is 6.92 Å². The van der Waals surface area contributed by atoms with E-state index >= 15 is 0 Å². The van der Waals surface area contributed by atoms with E-state index in [0.717, 1.165) is 0 Å². The lowest BCUT2D eigenvalue weighted by Gasteiger charge is -2.03. The van der Waals surface area contributed by atoms with Gasteiger partial charge in [-0.15, -0.1) is 0 Å². The van der Waals surface area contributed by atoms with Gasteiger partial charge in [-0.3, -0.25) is 4.79 Å². The molecule has 0 fully saturated rings. The summed E-state index contributed by atoms with van der Waals surface area (Å²) < 4.78 is 12.3. The van der Waals surface area contributed by atoms with Gasteiger partial charge in [-0.2, -0.15) is 0 Å². The van der Waals surface area contributed by atoms with Crippen LogP contribution in [0.25, 0.3) is 0 Å². The third kappa shape index (κ3) is 1.64. The van der Waals surface area contributed by atoms with Gasteiger partial charge < -0.3 is 0 Å². The Morgan fingerprint density at radius 2 is 2.25 bits per heavy atom. The first kappa shape index (κ1) is 9.20. The van der Waals surface area contributed by atoms with Gasteiger partial charge in [-0.25, -0.2) is 4.39 Å². The summed E-state index contributed by atoms with van der Waals surface area (Å²) in [5.74, 6) is 0. The predicted octanol–water partition coefficient (Wildman–Crippen LogP) is 2.84. The summed E-state index contributed by atoms with van der Waals surface area (Å²) in [6.07, 6.45) is 0. The third-order valence-corrected chi connectivity index (χ3v) is 2.01. The summed E-state index contributed by atoms with van der Waals surface area (Å²) >= 11 is 5.28. The maximum Gasteiger partial charge on any atom is 0.252 e. The van der Waals surface area contributed by atoms with Gasteiger partial charge in [0.2, 0.25) is 0 Å². The molecule has 0 aliphatic heterocycles. The fraction of sp³-hybridized carbons (Fsp3) is 0.222. The zero-order chi connectivity index (χ0) is 9.14. The van der Waals surface area contributed by atoms with Crippen LogP contribution in [0.5, 0.6) is 0 Å². The maximum absolute atomic E-state index is 12.3. The van der Waals surface area contributed by atoms with Crippen molar-refractivity contribution in [2.24, 2.45) is 0 Å². The number of carbonyl (C=O) groups excluding carboxylic acids is 1. The van der Waals surface area contributed by atoms with Crippen LogP contribution >= 0.6 is 11.6 Å². The minimum Gasteiger partial charge on any atom is -0.276 e. The van der Waals surface area contributed by atoms with Crippen molar-refractivity contribution in [3.8, 4) is 0 Å². The quantitative estimate of drug-likeness (QED) is 0.650. The molecule has 0 radical (unpaired) electrons. The van der Waals surface area contributed by atoms with Crippen LogP contribution in [0.1, 0.15) is 21.5 Å². The Labute approximate surface area is 75.2 Å². The summed E-state index contributed by atoms with van der Waals surface area (Å²) in [7, 11) is 0. The molecular formula is C9H8ClFO. The Bertz CT molecular complexity index is 309. The van der Waals surface area contributed by atoms with E-state index in [0.29, 0.717) is 16.7 Å². The second kappa shape index (κ2) is 3.68. The Morgan fingerprint density at radius 3 is 2.75 bits per heavy atom. The summed E-state index contributed by atoms with van der Waals surface area (Å²) in [5, 5.41) is -0.539. The number of hydrogen-bond acceptors (Lipinski definition) is 1. The Morgan fingerprint density at radius 1 is 1.58 bits per heavy atom. The van der Waals surface area contributed by atoms with E-state index in [4.69, 9.17) is 11.6 Å². The second-order valence-electron chi connectivity index (χ2n) is 2.50. The Kier molecular flexibility index (Phi) is 2.82. The third-order valence-electron chi connectivity index (χ3n) is 1.80. The zero-order valence-electron chi connectivity index (χ0n) is 6.60. The molecule has 3 heteroatoms. The molecule has 0 unspecified atom stereocenters. The van der Waals surface area contributed by atoms with Crippen LogP contribution < -0.4 is 0 Å². The van der Waals surface area contributed by atoms with Gasteiger partial charge in [-0.05, 0) is 35.7 Å². The van der Waals surface area contributed by atoms with E-state index in [1.54, 1.807) is 25.1 Å². The molecule has 64 valence electrons. The molecule has 0 atom stereocenters. The van der Waals surface area contributed by atoms with Gasteiger partial charge in [0.25, 0.3) is 5.24 Å². The van der Waals surface area contributed by atoms with E-state index < -0.39 is 11.9 Å². The van der Waals surface area contributed by atoms with Crippen molar-refractivity contribution in [2.45, 2.75) is 13.6 Å². The van der Waals surface area contributed by atoms with Crippen LogP contribution in [0.15, 0.2) is 18.2 Å². The predicted molar refractivity (Wildman–Crippen MR) is 46.2 cm³/mol. The largest absolute Gasteiger partial charge is 0.276 e. The normalized spacial score (nSPS) is 9.92. The van der Waals surface area contributed by atoms with E-state index in [2.05, 4.69) is 0 Å². The molecule has 1 aromatic carbocycles. The number of benzene rings is 1. The van der Waals surface area contributed by atoms with Gasteiger partial charge in [0.05, 0.1) is 0 Å². The topological polar surface area (TPSA) is 17.1 Å². The number of halogens is 2. The minimum atomic E-state index is -0.566. The Hall–Kier alpha value is -0.890. The van der Waals surface area contributed by atoms with Gasteiger partial charge in [0.15, 0.2) is 0 Å². The summed E-state index contributed by atoms with van der Waals surface area (Å²) in [6.45, 7) is 1.12. The van der Waals surface area contributed by atoms with Crippen LogP contribution in [-0.2, 0) is 6.67 Å². The first-order valence-corrected chi connectivity index (χ1v) is 3.89. The monoisotopic (exact) mass is 186 g/mol. The summed E-state index contributed by atoms with van der Waals surface area (Å²) in [6, 6.07) is 4.85. The average molecular weight is 187 g/mol. The Balaban J connectivity index is 3.23. The molecule has 12 heavy (non-hydrogen) atoms. The number of rotatable bonds is 2. The molecule has 0 bridgehead atoms. The smallest absolute Gasteiger partial charge is 0.252 e. The van der Waals surface area contributed by atoms with Crippen molar-refractivity contribution in [1.29, 1.82) is 0 Å². The molecule has 0 aliphatic rings. The first-order valence-electron chi connectivity index (χ1n) is 3.51. The first-order chi connectivity index (χ1) is 5.66. The molecule has 1 nitrogen and oxygen atoms in total. The lowest BCUT2D eigenvalue weighted by atomic mass is 10.0. The van der Waals surface area contributed by atoms with E-state index in [9.17, 15) is 9.18 Å². The highest BCUT2D eigenvalue weighted by molar-refractivity contribution is 6.67. The van der Waals surface area contributed by atoms with Gasteiger partial charge in [-0.1, -0.05) is 12.1 Å². The lowest BCUT2D eigenvalue weighted by Crippen LogP contribution is -1.96. The molecular weight excluding hydrogens is 179 g/mol. The summed E-state index contributed by atoms with van der Waals surface area (Å²) in [4.78, 5) is 10.8. The number of hydrogen-bond donors (Lipinski definition) is 0. The van der Waals surface area contributed by atoms with Crippen molar-refractivity contribution in [1.82, 2.24) is 0 Å². The fourth-order valence-corrected chi connectivity index (χ4v) is 1.25. The highest BCUT2D eigenvalue weighted by atomic mass is 35.5. The summed E-state index contributed by atoms with van der Waals surface area (Å²) in [5.41, 5.74) is 1.52. The van der Waals surface area contributed by atoms with Crippen molar-refractivity contribution in [3.63, 3.8) is 0 Å². The lowest BCUT2D eigenvalue weighted by molar-refractivity contribution is 0.108. The zero-order valence-corrected chi connectivity index (χ0v) is 7.36. The minimum absolute atomic E-state index is 0.381. The van der Waals surface area contributed by atoms with Crippen LogP contribution in [0.2, 0.25) is 0 Å².